The van der Waals surface area contributed by atoms with Crippen LogP contribution in [0.3, 0.4) is 0 Å². The molecule has 2 aromatic rings. The van der Waals surface area contributed by atoms with Crippen molar-refractivity contribution in [2.75, 3.05) is 0 Å². The third-order valence-electron chi connectivity index (χ3n) is 9.36. The van der Waals surface area contributed by atoms with Crippen molar-refractivity contribution in [3.63, 3.8) is 0 Å². The van der Waals surface area contributed by atoms with Crippen molar-refractivity contribution in [1.29, 1.82) is 0 Å². The molecule has 0 atom stereocenters. The molecule has 0 fully saturated rings. The summed E-state index contributed by atoms with van der Waals surface area (Å²) in [4.78, 5) is 0. The van der Waals surface area contributed by atoms with Crippen molar-refractivity contribution in [3.8, 4) is 0 Å². The van der Waals surface area contributed by atoms with E-state index in [9.17, 15) is 0 Å². The smallest absolute Gasteiger partial charge is 0.0628 e. The molecular formula is C40H78Br2N4. The van der Waals surface area contributed by atoms with E-state index in [0.717, 1.165) is 18.8 Å². The SMILES string of the molecule is Br.Br.CCCCCCCCCCc1c(C)nn(CCCCCCCCCC)c1C.CCCCCCCCCCn1nc(C)cc1C. The second-order valence-electron chi connectivity index (χ2n) is 13.7. The summed E-state index contributed by atoms with van der Waals surface area (Å²) in [6.07, 6.45) is 34.5. The maximum Gasteiger partial charge on any atom is 0.0628 e. The lowest BCUT2D eigenvalue weighted by atomic mass is 10.0. The number of hydrogen-bond acceptors (Lipinski definition) is 2. The van der Waals surface area contributed by atoms with Crippen LogP contribution in [-0.4, -0.2) is 19.6 Å². The van der Waals surface area contributed by atoms with Gasteiger partial charge in [0.15, 0.2) is 0 Å². The first-order valence-corrected chi connectivity index (χ1v) is 19.5. The molecule has 272 valence electrons. The van der Waals surface area contributed by atoms with Crippen LogP contribution in [0.5, 0.6) is 0 Å². The van der Waals surface area contributed by atoms with Crippen molar-refractivity contribution in [2.24, 2.45) is 0 Å². The highest BCUT2D eigenvalue weighted by atomic mass is 79.9. The molecule has 2 heterocycles. The molecule has 2 rings (SSSR count). The Morgan fingerprint density at radius 1 is 0.457 bits per heavy atom. The Morgan fingerprint density at radius 2 is 0.826 bits per heavy atom. The first kappa shape index (κ1) is 47.5. The van der Waals surface area contributed by atoms with Gasteiger partial charge in [0, 0.05) is 24.5 Å². The minimum Gasteiger partial charge on any atom is -0.270 e. The summed E-state index contributed by atoms with van der Waals surface area (Å²) in [6.45, 7) is 17.8. The van der Waals surface area contributed by atoms with Gasteiger partial charge in [0.05, 0.1) is 11.4 Å². The fourth-order valence-electron chi connectivity index (χ4n) is 6.44. The summed E-state index contributed by atoms with van der Waals surface area (Å²) in [6, 6.07) is 2.16. The van der Waals surface area contributed by atoms with E-state index in [1.165, 1.54) is 183 Å². The Balaban J connectivity index is 0. The Hall–Kier alpha value is -0.620. The van der Waals surface area contributed by atoms with E-state index in [2.05, 4.69) is 69.0 Å². The van der Waals surface area contributed by atoms with Crippen molar-refractivity contribution >= 4 is 34.0 Å². The van der Waals surface area contributed by atoms with E-state index in [0.29, 0.717) is 0 Å². The maximum atomic E-state index is 4.83. The molecule has 0 N–H and O–H groups in total. The van der Waals surface area contributed by atoms with Gasteiger partial charge in [-0.05, 0) is 65.0 Å². The first-order chi connectivity index (χ1) is 21.4. The van der Waals surface area contributed by atoms with E-state index >= 15 is 0 Å². The van der Waals surface area contributed by atoms with Gasteiger partial charge in [-0.1, -0.05) is 156 Å². The normalized spacial score (nSPS) is 10.8. The zero-order chi connectivity index (χ0) is 32.3. The molecular weight excluding hydrogens is 696 g/mol. The van der Waals surface area contributed by atoms with Gasteiger partial charge < -0.3 is 0 Å². The second kappa shape index (κ2) is 32.9. The lowest BCUT2D eigenvalue weighted by Crippen LogP contribution is -2.03. The quantitative estimate of drug-likeness (QED) is 0.0848. The van der Waals surface area contributed by atoms with Crippen molar-refractivity contribution in [2.45, 2.75) is 222 Å². The number of aryl methyl sites for hydroxylation is 5. The summed E-state index contributed by atoms with van der Waals surface area (Å²) >= 11 is 0. The van der Waals surface area contributed by atoms with Crippen molar-refractivity contribution < 1.29 is 0 Å². The van der Waals surface area contributed by atoms with Gasteiger partial charge in [-0.2, -0.15) is 10.2 Å². The standard InChI is InChI=1S/C25H48N2.C15H28N2.2BrH/c1-5-7-9-11-13-15-17-19-21-25-23(3)26-27(24(25)4)22-20-18-16-14-12-10-8-6-2;1-4-5-6-7-8-9-10-11-12-17-15(3)13-14(2)16-17;;/h5-22H2,1-4H3;13H,4-12H2,1-3H3;2*1H. The van der Waals surface area contributed by atoms with Gasteiger partial charge in [-0.15, -0.1) is 34.0 Å². The summed E-state index contributed by atoms with van der Waals surface area (Å²) in [5, 5.41) is 9.32. The number of hydrogen-bond donors (Lipinski definition) is 0. The molecule has 0 radical (unpaired) electrons. The molecule has 0 bridgehead atoms. The minimum atomic E-state index is 0. The lowest BCUT2D eigenvalue weighted by Gasteiger charge is -2.06. The molecule has 0 aliphatic heterocycles. The molecule has 4 nitrogen and oxygen atoms in total. The average molecular weight is 775 g/mol. The Labute approximate surface area is 308 Å². The highest BCUT2D eigenvalue weighted by molar-refractivity contribution is 8.93. The molecule has 0 unspecified atom stereocenters. The molecule has 0 aromatic carbocycles. The Bertz CT molecular complexity index is 921. The van der Waals surface area contributed by atoms with Crippen LogP contribution < -0.4 is 0 Å². The monoisotopic (exact) mass is 772 g/mol. The highest BCUT2D eigenvalue weighted by Crippen LogP contribution is 2.19. The van der Waals surface area contributed by atoms with Gasteiger partial charge >= 0.3 is 0 Å². The maximum absolute atomic E-state index is 4.83. The molecule has 0 amide bonds. The summed E-state index contributed by atoms with van der Waals surface area (Å²) in [5.74, 6) is 0. The van der Waals surface area contributed by atoms with Crippen LogP contribution in [0, 0.1) is 27.7 Å². The third kappa shape index (κ3) is 23.7. The zero-order valence-electron chi connectivity index (χ0n) is 31.8. The predicted molar refractivity (Wildman–Crippen MR) is 216 cm³/mol. The molecule has 0 aliphatic carbocycles. The van der Waals surface area contributed by atoms with Crippen LogP contribution in [0.1, 0.15) is 203 Å². The molecule has 0 aliphatic rings. The number of halogens is 2. The zero-order valence-corrected chi connectivity index (χ0v) is 35.2. The van der Waals surface area contributed by atoms with E-state index in [4.69, 9.17) is 5.10 Å². The van der Waals surface area contributed by atoms with Gasteiger partial charge in [-0.3, -0.25) is 9.36 Å². The number of aromatic nitrogens is 4. The van der Waals surface area contributed by atoms with Crippen LogP contribution in [0.4, 0.5) is 0 Å². The molecule has 0 spiro atoms. The highest BCUT2D eigenvalue weighted by Gasteiger charge is 2.11. The van der Waals surface area contributed by atoms with E-state index < -0.39 is 0 Å². The molecule has 46 heavy (non-hydrogen) atoms. The second-order valence-corrected chi connectivity index (χ2v) is 13.7. The number of unbranched alkanes of at least 4 members (excludes halogenated alkanes) is 21. The van der Waals surface area contributed by atoms with Gasteiger partial charge in [-0.25, -0.2) is 0 Å². The molecule has 0 saturated carbocycles. The van der Waals surface area contributed by atoms with Crippen LogP contribution >= 0.6 is 34.0 Å². The molecule has 0 saturated heterocycles. The summed E-state index contributed by atoms with van der Waals surface area (Å²) in [7, 11) is 0. The predicted octanol–water partition coefficient (Wildman–Crippen LogP) is 14.1. The number of rotatable bonds is 27. The Morgan fingerprint density at radius 3 is 1.22 bits per heavy atom. The van der Waals surface area contributed by atoms with Crippen LogP contribution in [-0.2, 0) is 19.5 Å². The fourth-order valence-corrected chi connectivity index (χ4v) is 6.44. The van der Waals surface area contributed by atoms with Gasteiger partial charge in [0.25, 0.3) is 0 Å². The van der Waals surface area contributed by atoms with E-state index in [1.807, 2.05) is 0 Å². The molecule has 6 heteroatoms. The fraction of sp³-hybridized carbons (Fsp3) is 0.850. The van der Waals surface area contributed by atoms with E-state index in [-0.39, 0.29) is 34.0 Å². The third-order valence-corrected chi connectivity index (χ3v) is 9.36. The minimum absolute atomic E-state index is 0. The van der Waals surface area contributed by atoms with Crippen LogP contribution in [0.2, 0.25) is 0 Å². The average Bonchev–Trinajstić information content (AvgIpc) is 3.48. The number of nitrogens with zero attached hydrogens (tertiary/aromatic N) is 4. The topological polar surface area (TPSA) is 35.6 Å². The molecule has 2 aromatic heterocycles. The van der Waals surface area contributed by atoms with Crippen LogP contribution in [0.15, 0.2) is 6.07 Å². The van der Waals surface area contributed by atoms with E-state index in [1.54, 1.807) is 0 Å². The van der Waals surface area contributed by atoms with Gasteiger partial charge in [0.1, 0.15) is 0 Å². The van der Waals surface area contributed by atoms with Crippen molar-refractivity contribution in [3.05, 3.63) is 34.4 Å². The lowest BCUT2D eigenvalue weighted by molar-refractivity contribution is 0.511. The Kier molecular flexibility index (Phi) is 34.0. The van der Waals surface area contributed by atoms with Gasteiger partial charge in [0.2, 0.25) is 0 Å². The first-order valence-electron chi connectivity index (χ1n) is 19.5. The van der Waals surface area contributed by atoms with Crippen molar-refractivity contribution in [1.82, 2.24) is 19.6 Å². The largest absolute Gasteiger partial charge is 0.270 e. The summed E-state index contributed by atoms with van der Waals surface area (Å²) in [5.41, 5.74) is 6.67. The summed E-state index contributed by atoms with van der Waals surface area (Å²) < 4.78 is 4.43. The van der Waals surface area contributed by atoms with Crippen LogP contribution in [0.25, 0.3) is 0 Å².